The van der Waals surface area contributed by atoms with Gasteiger partial charge in [-0.2, -0.15) is 0 Å². The van der Waals surface area contributed by atoms with Crippen LogP contribution in [0.4, 0.5) is 0 Å². The summed E-state index contributed by atoms with van der Waals surface area (Å²) >= 11 is 2.74. The van der Waals surface area contributed by atoms with Crippen LogP contribution in [0.1, 0.15) is 27.3 Å². The molecule has 3 heteroatoms. The van der Waals surface area contributed by atoms with Gasteiger partial charge in [0.05, 0.1) is 7.11 Å². The summed E-state index contributed by atoms with van der Waals surface area (Å²) in [6.07, 6.45) is -8.56. The average molecular weight is 201 g/mol. The fourth-order valence-corrected chi connectivity index (χ4v) is 0.320. The predicted molar refractivity (Wildman–Crippen MR) is 39.7 cm³/mol. The number of esters is 1. The van der Waals surface area contributed by atoms with E-state index in [0.29, 0.717) is 0 Å². The molecule has 0 bridgehead atoms. The number of methoxy groups -OCH3 is 1. The first kappa shape index (κ1) is 2.91. The van der Waals surface area contributed by atoms with Crippen LogP contribution in [0.15, 0.2) is 0 Å². The highest BCUT2D eigenvalue weighted by atomic mass is 79.9. The van der Waals surface area contributed by atoms with E-state index in [1.165, 1.54) is 0 Å². The van der Waals surface area contributed by atoms with Gasteiger partial charge in [0, 0.05) is 19.9 Å². The van der Waals surface area contributed by atoms with Gasteiger partial charge in [-0.1, -0.05) is 15.9 Å². The molecule has 0 aliphatic carbocycles. The molecule has 0 N–H and O–H groups in total. The molecule has 0 unspecified atom stereocenters. The Labute approximate surface area is 72.1 Å². The highest BCUT2D eigenvalue weighted by Crippen LogP contribution is 1.98. The summed E-state index contributed by atoms with van der Waals surface area (Å²) in [5.74, 6) is -1.43. The SMILES string of the molecule is [2H]C([2H])(CBr)C([2H])([2H])C([2H])([2H])C(=O)OC. The van der Waals surface area contributed by atoms with Crippen molar-refractivity contribution in [1.82, 2.24) is 0 Å². The third-order valence-electron chi connectivity index (χ3n) is 0.505. The highest BCUT2D eigenvalue weighted by molar-refractivity contribution is 9.09. The number of ether oxygens (including phenoxy) is 1. The first-order valence-corrected chi connectivity index (χ1v) is 3.31. The van der Waals surface area contributed by atoms with Gasteiger partial charge in [0.25, 0.3) is 0 Å². The monoisotopic (exact) mass is 200 g/mol. The van der Waals surface area contributed by atoms with Gasteiger partial charge in [-0.25, -0.2) is 0 Å². The Bertz CT molecular complexity index is 254. The van der Waals surface area contributed by atoms with Crippen LogP contribution < -0.4 is 0 Å². The molecule has 2 nitrogen and oxygen atoms in total. The third kappa shape index (κ3) is 5.83. The van der Waals surface area contributed by atoms with E-state index in [1.54, 1.807) is 0 Å². The van der Waals surface area contributed by atoms with Crippen molar-refractivity contribution in [3.63, 3.8) is 0 Å². The van der Waals surface area contributed by atoms with Crippen LogP contribution in [0, 0.1) is 0 Å². The van der Waals surface area contributed by atoms with E-state index in [2.05, 4.69) is 20.7 Å². The number of rotatable bonds is 4. The smallest absolute Gasteiger partial charge is 0.305 e. The standard InChI is InChI=1S/C6H11BrO2/c1-9-6(8)4-2-3-5-7/h2-5H2,1H3/i2D2,3D2,4D2. The number of carbonyl (C=O) groups is 1. The van der Waals surface area contributed by atoms with Crippen molar-refractivity contribution >= 4 is 21.9 Å². The van der Waals surface area contributed by atoms with Crippen LogP contribution in [0.25, 0.3) is 0 Å². The summed E-state index contributed by atoms with van der Waals surface area (Å²) in [5, 5.41) is -0.427. The average Bonchev–Trinajstić information content (AvgIpc) is 2.15. The molecule has 0 fully saturated rings. The normalized spacial score (nSPS) is 23.8. The molecule has 0 saturated heterocycles. The molecule has 0 atom stereocenters. The summed E-state index contributed by atoms with van der Waals surface area (Å²) < 4.78 is 47.9. The second-order valence-electron chi connectivity index (χ2n) is 1.05. The number of halogens is 1. The van der Waals surface area contributed by atoms with Crippen molar-refractivity contribution in [2.24, 2.45) is 0 Å². The Hall–Kier alpha value is -0.0500. The fraction of sp³-hybridized carbons (Fsp3) is 0.833. The molecule has 0 aromatic rings. The van der Waals surface area contributed by atoms with Crippen molar-refractivity contribution < 1.29 is 17.8 Å². The van der Waals surface area contributed by atoms with Crippen LogP contribution in [0.5, 0.6) is 0 Å². The topological polar surface area (TPSA) is 26.3 Å². The van der Waals surface area contributed by atoms with E-state index in [4.69, 9.17) is 8.22 Å². The van der Waals surface area contributed by atoms with Gasteiger partial charge in [-0.15, -0.1) is 0 Å². The molecule has 0 saturated carbocycles. The van der Waals surface area contributed by atoms with Crippen LogP contribution in [-0.4, -0.2) is 18.4 Å². The molecule has 9 heavy (non-hydrogen) atoms. The van der Waals surface area contributed by atoms with Gasteiger partial charge in [0.15, 0.2) is 0 Å². The zero-order valence-electron chi connectivity index (χ0n) is 10.9. The summed E-state index contributed by atoms with van der Waals surface area (Å²) in [4.78, 5) is 11.0. The molecule has 0 spiro atoms. The number of carbonyl (C=O) groups excluding carboxylic acids is 1. The van der Waals surface area contributed by atoms with Crippen molar-refractivity contribution in [2.45, 2.75) is 19.1 Å². The molecule has 0 aliphatic heterocycles. The van der Waals surface area contributed by atoms with Gasteiger partial charge >= 0.3 is 5.97 Å². The summed E-state index contributed by atoms with van der Waals surface area (Å²) in [5.41, 5.74) is 0. The van der Waals surface area contributed by atoms with Crippen LogP contribution >= 0.6 is 15.9 Å². The summed E-state index contributed by atoms with van der Waals surface area (Å²) in [7, 11) is 0.917. The van der Waals surface area contributed by atoms with E-state index in [1.807, 2.05) is 0 Å². The first-order chi connectivity index (χ1) is 6.54. The summed E-state index contributed by atoms with van der Waals surface area (Å²) in [6.45, 7) is 0. The van der Waals surface area contributed by atoms with Crippen LogP contribution in [-0.2, 0) is 9.53 Å². The minimum Gasteiger partial charge on any atom is -0.469 e. The molecule has 0 radical (unpaired) electrons. The number of alkyl halides is 1. The molecular formula is C6H11BrO2. The zero-order valence-corrected chi connectivity index (χ0v) is 6.49. The number of hydrogen-bond acceptors (Lipinski definition) is 2. The molecule has 0 amide bonds. The maximum absolute atomic E-state index is 11.0. The lowest BCUT2D eigenvalue weighted by atomic mass is 10.3. The van der Waals surface area contributed by atoms with Gasteiger partial charge < -0.3 is 4.74 Å². The van der Waals surface area contributed by atoms with Crippen molar-refractivity contribution in [1.29, 1.82) is 0 Å². The van der Waals surface area contributed by atoms with Crippen molar-refractivity contribution in [3.8, 4) is 0 Å². The number of hydrogen-bond donors (Lipinski definition) is 0. The first-order valence-electron chi connectivity index (χ1n) is 5.19. The van der Waals surface area contributed by atoms with Gasteiger partial charge in [0.2, 0.25) is 0 Å². The molecule has 0 rings (SSSR count). The van der Waals surface area contributed by atoms with Crippen molar-refractivity contribution in [2.75, 3.05) is 12.4 Å². The lowest BCUT2D eigenvalue weighted by molar-refractivity contribution is -0.140. The van der Waals surface area contributed by atoms with E-state index >= 15 is 0 Å². The Kier molecular flexibility index (Phi) is 1.96. The minimum absolute atomic E-state index is 0.427. The van der Waals surface area contributed by atoms with E-state index in [-0.39, 0.29) is 0 Å². The second-order valence-corrected chi connectivity index (χ2v) is 1.61. The maximum atomic E-state index is 11.0. The molecule has 54 valence electrons. The Balaban J connectivity index is 5.27. The van der Waals surface area contributed by atoms with Gasteiger partial charge in [-0.3, -0.25) is 4.79 Å². The second kappa shape index (κ2) is 6.08. The molecule has 0 aliphatic rings. The Morgan fingerprint density at radius 1 is 1.78 bits per heavy atom. The largest absolute Gasteiger partial charge is 0.469 e. The minimum atomic E-state index is -3.04. The lowest BCUT2D eigenvalue weighted by Crippen LogP contribution is -1.99. The molecule has 0 aromatic carbocycles. The zero-order chi connectivity index (χ0) is 12.5. The highest BCUT2D eigenvalue weighted by Gasteiger charge is 1.96. The fourth-order valence-electron chi connectivity index (χ4n) is 0.180. The lowest BCUT2D eigenvalue weighted by Gasteiger charge is -1.95. The summed E-state index contributed by atoms with van der Waals surface area (Å²) in [6, 6.07) is 0. The van der Waals surface area contributed by atoms with Gasteiger partial charge in [0.1, 0.15) is 0 Å². The molecule has 0 aromatic heterocycles. The van der Waals surface area contributed by atoms with E-state index < -0.39 is 30.4 Å². The van der Waals surface area contributed by atoms with E-state index in [9.17, 15) is 4.79 Å². The van der Waals surface area contributed by atoms with Crippen LogP contribution in [0.3, 0.4) is 0 Å². The quantitative estimate of drug-likeness (QED) is 0.511. The Morgan fingerprint density at radius 3 is 2.89 bits per heavy atom. The van der Waals surface area contributed by atoms with Gasteiger partial charge in [-0.05, 0) is 12.7 Å². The third-order valence-corrected chi connectivity index (χ3v) is 0.786. The van der Waals surface area contributed by atoms with Crippen LogP contribution in [0.2, 0.25) is 0 Å². The molecular weight excluding hydrogens is 184 g/mol. The van der Waals surface area contributed by atoms with Crippen molar-refractivity contribution in [3.05, 3.63) is 0 Å². The van der Waals surface area contributed by atoms with E-state index in [0.717, 1.165) is 7.11 Å². The molecule has 0 heterocycles. The Morgan fingerprint density at radius 2 is 2.44 bits per heavy atom. The maximum Gasteiger partial charge on any atom is 0.305 e. The predicted octanol–water partition coefficient (Wildman–Crippen LogP) is 1.72.